The molecule has 0 fully saturated rings. The maximum atomic E-state index is 11.7. The molecule has 1 rings (SSSR count). The molecule has 1 aromatic rings. The number of hydrogen-bond acceptors (Lipinski definition) is 3. The van der Waals surface area contributed by atoms with Crippen molar-refractivity contribution in [1.82, 2.24) is 4.98 Å². The van der Waals surface area contributed by atoms with Crippen molar-refractivity contribution in [1.29, 1.82) is 0 Å². The van der Waals surface area contributed by atoms with Crippen molar-refractivity contribution in [2.24, 2.45) is 0 Å². The van der Waals surface area contributed by atoms with Gasteiger partial charge in [-0.2, -0.15) is 0 Å². The predicted molar refractivity (Wildman–Crippen MR) is 45.7 cm³/mol. The molecule has 13 heavy (non-hydrogen) atoms. The highest BCUT2D eigenvalue weighted by Gasteiger charge is 2.00. The molecule has 0 spiro atoms. The van der Waals surface area contributed by atoms with Gasteiger partial charge in [-0.25, -0.2) is 9.37 Å². The van der Waals surface area contributed by atoms with Crippen LogP contribution >= 0.6 is 0 Å². The van der Waals surface area contributed by atoms with Crippen molar-refractivity contribution < 1.29 is 13.9 Å². The third-order valence-electron chi connectivity index (χ3n) is 1.47. The number of rotatable bonds is 4. The smallest absolute Gasteiger partial charge is 0.213 e. The Kier molecular flexibility index (Phi) is 3.37. The fourth-order valence-electron chi connectivity index (χ4n) is 0.817. The van der Waals surface area contributed by atoms with Gasteiger partial charge in [-0.3, -0.25) is 4.79 Å². The molecule has 1 heterocycles. The number of nitrogens with zero attached hydrogens (tertiary/aromatic N) is 1. The van der Waals surface area contributed by atoms with E-state index < -0.39 is 6.67 Å². The van der Waals surface area contributed by atoms with E-state index in [9.17, 15) is 9.18 Å². The van der Waals surface area contributed by atoms with Crippen LogP contribution in [-0.2, 0) is 0 Å². The zero-order valence-corrected chi connectivity index (χ0v) is 7.29. The topological polar surface area (TPSA) is 39.2 Å². The number of halogens is 1. The van der Waals surface area contributed by atoms with Crippen LogP contribution < -0.4 is 4.74 Å². The van der Waals surface area contributed by atoms with Gasteiger partial charge >= 0.3 is 0 Å². The van der Waals surface area contributed by atoms with E-state index in [0.717, 1.165) is 0 Å². The molecule has 0 unspecified atom stereocenters. The molecule has 70 valence electrons. The lowest BCUT2D eigenvalue weighted by Crippen LogP contribution is -2.01. The molecule has 0 saturated heterocycles. The summed E-state index contributed by atoms with van der Waals surface area (Å²) in [6.07, 6.45) is 1.41. The minimum absolute atomic E-state index is 0.00752. The van der Waals surface area contributed by atoms with Gasteiger partial charge < -0.3 is 4.74 Å². The van der Waals surface area contributed by atoms with Crippen LogP contribution in [0.1, 0.15) is 17.3 Å². The maximum Gasteiger partial charge on any atom is 0.213 e. The van der Waals surface area contributed by atoms with Gasteiger partial charge in [0.25, 0.3) is 0 Å². The molecule has 0 aromatic carbocycles. The van der Waals surface area contributed by atoms with E-state index in [1.165, 1.54) is 13.1 Å². The molecule has 0 N–H and O–H groups in total. The average Bonchev–Trinajstić information content (AvgIpc) is 2.15. The molecular weight excluding hydrogens is 173 g/mol. The van der Waals surface area contributed by atoms with Gasteiger partial charge in [0.1, 0.15) is 13.3 Å². The Morgan fingerprint density at radius 2 is 2.38 bits per heavy atom. The first-order valence-corrected chi connectivity index (χ1v) is 3.90. The zero-order valence-electron chi connectivity index (χ0n) is 7.29. The normalized spacial score (nSPS) is 9.69. The van der Waals surface area contributed by atoms with Crippen LogP contribution in [0.15, 0.2) is 18.3 Å². The number of hydrogen-bond donors (Lipinski definition) is 0. The number of aromatic nitrogens is 1. The molecule has 0 atom stereocenters. The summed E-state index contributed by atoms with van der Waals surface area (Å²) in [7, 11) is 0. The van der Waals surface area contributed by atoms with Crippen molar-refractivity contribution in [2.45, 2.75) is 6.92 Å². The van der Waals surface area contributed by atoms with E-state index in [1.807, 2.05) is 0 Å². The van der Waals surface area contributed by atoms with E-state index in [4.69, 9.17) is 4.74 Å². The second kappa shape index (κ2) is 4.54. The van der Waals surface area contributed by atoms with Gasteiger partial charge in [-0.05, 0) is 13.0 Å². The fraction of sp³-hybridized carbons (Fsp3) is 0.333. The summed E-state index contributed by atoms with van der Waals surface area (Å²) >= 11 is 0. The minimum Gasteiger partial charge on any atom is -0.475 e. The van der Waals surface area contributed by atoms with Crippen molar-refractivity contribution in [3.63, 3.8) is 0 Å². The van der Waals surface area contributed by atoms with E-state index in [2.05, 4.69) is 4.98 Å². The van der Waals surface area contributed by atoms with Crippen molar-refractivity contribution in [2.75, 3.05) is 13.3 Å². The predicted octanol–water partition coefficient (Wildman–Crippen LogP) is 1.63. The Labute approximate surface area is 75.6 Å². The molecule has 4 heteroatoms. The van der Waals surface area contributed by atoms with Crippen molar-refractivity contribution >= 4 is 5.78 Å². The largest absolute Gasteiger partial charge is 0.475 e. The Hall–Kier alpha value is -1.45. The van der Waals surface area contributed by atoms with E-state index in [0.29, 0.717) is 11.4 Å². The highest BCUT2D eigenvalue weighted by atomic mass is 19.1. The zero-order chi connectivity index (χ0) is 9.68. The van der Waals surface area contributed by atoms with Crippen LogP contribution in [-0.4, -0.2) is 24.0 Å². The molecule has 0 saturated carbocycles. The van der Waals surface area contributed by atoms with Crippen LogP contribution in [0.2, 0.25) is 0 Å². The first-order chi connectivity index (χ1) is 6.24. The van der Waals surface area contributed by atoms with E-state index in [-0.39, 0.29) is 12.4 Å². The third kappa shape index (κ3) is 2.82. The molecule has 3 nitrogen and oxygen atoms in total. The minimum atomic E-state index is -0.545. The number of pyridine rings is 1. The highest BCUT2D eigenvalue weighted by molar-refractivity contribution is 5.93. The summed E-state index contributed by atoms with van der Waals surface area (Å²) in [6, 6.07) is 3.15. The van der Waals surface area contributed by atoms with Gasteiger partial charge in [-0.1, -0.05) is 0 Å². The summed E-state index contributed by atoms with van der Waals surface area (Å²) in [4.78, 5) is 14.7. The quantitative estimate of drug-likeness (QED) is 0.666. The summed E-state index contributed by atoms with van der Waals surface area (Å²) in [5, 5.41) is 0. The van der Waals surface area contributed by atoms with Crippen LogP contribution in [0.3, 0.4) is 0 Å². The van der Waals surface area contributed by atoms with Crippen LogP contribution in [0.25, 0.3) is 0 Å². The number of ether oxygens (including phenoxy) is 1. The monoisotopic (exact) mass is 183 g/mol. The number of carbonyl (C=O) groups is 1. The lowest BCUT2D eigenvalue weighted by molar-refractivity contribution is 0.101. The lowest BCUT2D eigenvalue weighted by atomic mass is 10.2. The van der Waals surface area contributed by atoms with Gasteiger partial charge in [-0.15, -0.1) is 0 Å². The van der Waals surface area contributed by atoms with E-state index >= 15 is 0 Å². The lowest BCUT2D eigenvalue weighted by Gasteiger charge is -2.01. The molecule has 0 amide bonds. The molecule has 0 aliphatic rings. The van der Waals surface area contributed by atoms with Gasteiger partial charge in [0.15, 0.2) is 5.78 Å². The summed E-state index contributed by atoms with van der Waals surface area (Å²) in [5.74, 6) is 0.284. The number of alkyl halides is 1. The Balaban J connectivity index is 2.64. The SMILES string of the molecule is CC(=O)c1ccc(OCCF)nc1. The molecule has 0 aliphatic heterocycles. The third-order valence-corrected chi connectivity index (χ3v) is 1.47. The van der Waals surface area contributed by atoms with E-state index in [1.54, 1.807) is 12.1 Å². The van der Waals surface area contributed by atoms with Crippen LogP contribution in [0.4, 0.5) is 4.39 Å². The van der Waals surface area contributed by atoms with Crippen LogP contribution in [0.5, 0.6) is 5.88 Å². The highest BCUT2D eigenvalue weighted by Crippen LogP contribution is 2.07. The standard InChI is InChI=1S/C9H10FNO2/c1-7(12)8-2-3-9(11-6-8)13-5-4-10/h2-3,6H,4-5H2,1H3. The van der Waals surface area contributed by atoms with Gasteiger partial charge in [0.2, 0.25) is 5.88 Å². The van der Waals surface area contributed by atoms with Gasteiger partial charge in [0, 0.05) is 17.8 Å². The molecule has 1 aromatic heterocycles. The number of ketones is 1. The first-order valence-electron chi connectivity index (χ1n) is 3.90. The molecular formula is C9H10FNO2. The second-order valence-electron chi connectivity index (χ2n) is 2.48. The number of Topliss-reactive ketones (excluding diaryl/α,β-unsaturated/α-hetero) is 1. The number of carbonyl (C=O) groups excluding carboxylic acids is 1. The summed E-state index contributed by atoms with van der Waals surface area (Å²) < 4.78 is 16.6. The van der Waals surface area contributed by atoms with Crippen molar-refractivity contribution in [3.05, 3.63) is 23.9 Å². The molecule has 0 radical (unpaired) electrons. The molecule has 0 bridgehead atoms. The van der Waals surface area contributed by atoms with Gasteiger partial charge in [0.05, 0.1) is 0 Å². The van der Waals surface area contributed by atoms with Crippen LogP contribution in [0, 0.1) is 0 Å². The van der Waals surface area contributed by atoms with Crippen molar-refractivity contribution in [3.8, 4) is 5.88 Å². The maximum absolute atomic E-state index is 11.7. The second-order valence-corrected chi connectivity index (χ2v) is 2.48. The Bertz CT molecular complexity index is 284. The Morgan fingerprint density at radius 1 is 1.62 bits per heavy atom. The first kappa shape index (κ1) is 9.64. The molecule has 0 aliphatic carbocycles. The fourth-order valence-corrected chi connectivity index (χ4v) is 0.817. The average molecular weight is 183 g/mol. The summed E-state index contributed by atoms with van der Waals surface area (Å²) in [6.45, 7) is 0.904. The summed E-state index contributed by atoms with van der Waals surface area (Å²) in [5.41, 5.74) is 0.521. The Morgan fingerprint density at radius 3 is 2.85 bits per heavy atom.